The van der Waals surface area contributed by atoms with E-state index in [0.29, 0.717) is 5.92 Å². The van der Waals surface area contributed by atoms with Crippen molar-refractivity contribution in [3.05, 3.63) is 47.4 Å². The fourth-order valence-corrected chi connectivity index (χ4v) is 4.31. The predicted octanol–water partition coefficient (Wildman–Crippen LogP) is 7.00. The average Bonchev–Trinajstić information content (AvgIpc) is 3.45. The highest BCUT2D eigenvalue weighted by atomic mass is 16.5. The Morgan fingerprint density at radius 2 is 1.72 bits per heavy atom. The lowest BCUT2D eigenvalue weighted by atomic mass is 9.99. The smallest absolute Gasteiger partial charge is 0.144 e. The van der Waals surface area contributed by atoms with Gasteiger partial charge >= 0.3 is 0 Å². The van der Waals surface area contributed by atoms with Crippen molar-refractivity contribution < 1.29 is 4.74 Å². The van der Waals surface area contributed by atoms with Gasteiger partial charge < -0.3 is 14.7 Å². The van der Waals surface area contributed by atoms with E-state index in [-0.39, 0.29) is 0 Å². The number of methoxy groups -OCH3 is 1. The number of H-pyrrole nitrogens is 2. The van der Waals surface area contributed by atoms with Gasteiger partial charge in [0.25, 0.3) is 0 Å². The number of ether oxygens (including phenoxy) is 1. The van der Waals surface area contributed by atoms with Crippen molar-refractivity contribution in [2.24, 2.45) is 4.99 Å². The first-order valence-corrected chi connectivity index (χ1v) is 11.2. The Morgan fingerprint density at radius 1 is 0.931 bits per heavy atom. The van der Waals surface area contributed by atoms with Gasteiger partial charge in [0.2, 0.25) is 0 Å². The molecule has 0 aromatic carbocycles. The van der Waals surface area contributed by atoms with E-state index in [9.17, 15) is 0 Å². The van der Waals surface area contributed by atoms with E-state index in [1.807, 2.05) is 0 Å². The van der Waals surface area contributed by atoms with Crippen molar-refractivity contribution in [3.8, 4) is 17.1 Å². The Kier molecular flexibility index (Phi) is 6.38. The summed E-state index contributed by atoms with van der Waals surface area (Å²) in [6.45, 7) is 2.33. The van der Waals surface area contributed by atoms with Crippen LogP contribution in [0.5, 0.6) is 5.75 Å². The molecule has 2 aliphatic heterocycles. The molecule has 0 aliphatic carbocycles. The van der Waals surface area contributed by atoms with E-state index >= 15 is 0 Å². The van der Waals surface area contributed by atoms with Crippen molar-refractivity contribution in [2.75, 3.05) is 7.11 Å². The molecule has 1 atom stereocenters. The summed E-state index contributed by atoms with van der Waals surface area (Å²) in [6.07, 6.45) is 17.9. The Bertz CT molecular complexity index is 912. The number of rotatable bonds is 1. The highest BCUT2D eigenvalue weighted by molar-refractivity contribution is 5.99. The van der Waals surface area contributed by atoms with E-state index in [1.54, 1.807) is 7.11 Å². The van der Waals surface area contributed by atoms with Crippen LogP contribution in [0, 0.1) is 0 Å². The lowest BCUT2D eigenvalue weighted by Crippen LogP contribution is -1.94. The van der Waals surface area contributed by atoms with Crippen LogP contribution in [0.25, 0.3) is 17.5 Å². The summed E-state index contributed by atoms with van der Waals surface area (Å²) in [7, 11) is 1.72. The Hall–Kier alpha value is -2.49. The standard InChI is InChI=1S/C25H33N3O/c1-18-10-8-6-4-3-5-7-9-11-19-12-13-20(26-19)16-24-25(29-2)17-23(28-24)22-15-14-21(18)27-22/h12-18,27-28H,3-11H2,1-2H3/t18-/m1/s1. The second-order valence-corrected chi connectivity index (χ2v) is 8.41. The monoisotopic (exact) mass is 391 g/mol. The molecule has 4 heteroatoms. The lowest BCUT2D eigenvalue weighted by Gasteiger charge is -2.09. The number of nitrogens with one attached hydrogen (secondary N) is 2. The Balaban J connectivity index is 1.61. The number of hydrogen-bond acceptors (Lipinski definition) is 2. The first-order valence-electron chi connectivity index (χ1n) is 11.2. The zero-order chi connectivity index (χ0) is 20.1. The summed E-state index contributed by atoms with van der Waals surface area (Å²) in [5.41, 5.74) is 6.62. The van der Waals surface area contributed by atoms with Crippen LogP contribution in [0.15, 0.2) is 41.0 Å². The second kappa shape index (κ2) is 9.34. The third-order valence-corrected chi connectivity index (χ3v) is 6.14. The van der Waals surface area contributed by atoms with Gasteiger partial charge in [-0.15, -0.1) is 0 Å². The second-order valence-electron chi connectivity index (χ2n) is 8.41. The molecule has 154 valence electrons. The van der Waals surface area contributed by atoms with Crippen molar-refractivity contribution in [1.82, 2.24) is 9.97 Å². The minimum atomic E-state index is 0.559. The van der Waals surface area contributed by atoms with Gasteiger partial charge in [-0.2, -0.15) is 0 Å². The number of fused-ring (bicyclic) bond motifs is 6. The molecule has 6 bridgehead atoms. The molecule has 0 fully saturated rings. The van der Waals surface area contributed by atoms with Gasteiger partial charge in [-0.3, -0.25) is 4.99 Å². The molecule has 29 heavy (non-hydrogen) atoms. The van der Waals surface area contributed by atoms with Crippen molar-refractivity contribution in [3.63, 3.8) is 0 Å². The van der Waals surface area contributed by atoms with Gasteiger partial charge in [-0.05, 0) is 55.5 Å². The van der Waals surface area contributed by atoms with Crippen molar-refractivity contribution in [1.29, 1.82) is 0 Å². The molecular formula is C25H33N3O. The van der Waals surface area contributed by atoms with Crippen LogP contribution >= 0.6 is 0 Å². The fourth-order valence-electron chi connectivity index (χ4n) is 4.31. The molecule has 2 aromatic rings. The van der Waals surface area contributed by atoms with Crippen molar-refractivity contribution in [2.45, 2.75) is 70.6 Å². The normalized spacial score (nSPS) is 20.8. The zero-order valence-corrected chi connectivity index (χ0v) is 17.8. The maximum atomic E-state index is 5.62. The highest BCUT2D eigenvalue weighted by Crippen LogP contribution is 2.31. The summed E-state index contributed by atoms with van der Waals surface area (Å²) in [5.74, 6) is 1.41. The molecule has 0 radical (unpaired) electrons. The first-order chi connectivity index (χ1) is 14.2. The summed E-state index contributed by atoms with van der Waals surface area (Å²) in [5, 5.41) is 0. The summed E-state index contributed by atoms with van der Waals surface area (Å²) in [6, 6.07) is 6.46. The molecule has 4 heterocycles. The number of allylic oxidation sites excluding steroid dienone is 2. The number of aromatic amines is 2. The van der Waals surface area contributed by atoms with Gasteiger partial charge in [0.1, 0.15) is 5.75 Å². The quantitative estimate of drug-likeness (QED) is 0.540. The van der Waals surface area contributed by atoms with E-state index in [0.717, 1.165) is 34.9 Å². The van der Waals surface area contributed by atoms with Gasteiger partial charge in [-0.25, -0.2) is 0 Å². The molecule has 0 saturated carbocycles. The van der Waals surface area contributed by atoms with E-state index in [1.165, 1.54) is 62.8 Å². The molecule has 0 amide bonds. The SMILES string of the molecule is COc1cc2[nH]c1C=C1C=CC(=N1)CCCCCCCCC[C@@H](C)c1ccc-2[nH]1. The summed E-state index contributed by atoms with van der Waals surface area (Å²) < 4.78 is 5.62. The minimum absolute atomic E-state index is 0.559. The lowest BCUT2D eigenvalue weighted by molar-refractivity contribution is 0.414. The molecule has 2 aliphatic rings. The topological polar surface area (TPSA) is 53.2 Å². The predicted molar refractivity (Wildman–Crippen MR) is 122 cm³/mol. The number of hydrogen-bond donors (Lipinski definition) is 2. The average molecular weight is 392 g/mol. The fraction of sp³-hybridized carbons (Fsp3) is 0.480. The van der Waals surface area contributed by atoms with Gasteiger partial charge in [0.05, 0.1) is 29.9 Å². The largest absolute Gasteiger partial charge is 0.494 e. The molecule has 2 N–H and O–H groups in total. The van der Waals surface area contributed by atoms with Crippen LogP contribution in [0.2, 0.25) is 0 Å². The van der Waals surface area contributed by atoms with E-state index < -0.39 is 0 Å². The molecule has 4 rings (SSSR count). The third kappa shape index (κ3) is 4.92. The van der Waals surface area contributed by atoms with Gasteiger partial charge in [0, 0.05) is 17.5 Å². The van der Waals surface area contributed by atoms with E-state index in [2.05, 4.69) is 53.3 Å². The van der Waals surface area contributed by atoms with Crippen LogP contribution in [0.3, 0.4) is 0 Å². The minimum Gasteiger partial charge on any atom is -0.494 e. The van der Waals surface area contributed by atoms with Crippen LogP contribution in [-0.2, 0) is 0 Å². The molecule has 0 unspecified atom stereocenters. The third-order valence-electron chi connectivity index (χ3n) is 6.14. The zero-order valence-electron chi connectivity index (χ0n) is 17.8. The number of aliphatic imine (C=N–C) groups is 1. The maximum Gasteiger partial charge on any atom is 0.144 e. The Labute approximate surface area is 174 Å². The molecular weight excluding hydrogens is 358 g/mol. The van der Waals surface area contributed by atoms with Crippen LogP contribution in [0.4, 0.5) is 0 Å². The number of nitrogens with zero attached hydrogens (tertiary/aromatic N) is 1. The van der Waals surface area contributed by atoms with Crippen molar-refractivity contribution >= 4 is 11.8 Å². The highest BCUT2D eigenvalue weighted by Gasteiger charge is 2.14. The first kappa shape index (κ1) is 19.8. The molecule has 0 spiro atoms. The summed E-state index contributed by atoms with van der Waals surface area (Å²) in [4.78, 5) is 11.9. The maximum absolute atomic E-state index is 5.62. The van der Waals surface area contributed by atoms with Crippen LogP contribution in [0.1, 0.15) is 82.0 Å². The van der Waals surface area contributed by atoms with Gasteiger partial charge in [0.15, 0.2) is 0 Å². The molecule has 2 aromatic heterocycles. The summed E-state index contributed by atoms with van der Waals surface area (Å²) >= 11 is 0. The number of aromatic nitrogens is 2. The van der Waals surface area contributed by atoms with Crippen LogP contribution in [-0.4, -0.2) is 22.8 Å². The van der Waals surface area contributed by atoms with E-state index in [4.69, 9.17) is 9.73 Å². The van der Waals surface area contributed by atoms with Gasteiger partial charge in [-0.1, -0.05) is 45.4 Å². The Morgan fingerprint density at radius 3 is 2.55 bits per heavy atom. The van der Waals surface area contributed by atoms with Crippen LogP contribution < -0.4 is 4.74 Å². The molecule has 0 saturated heterocycles. The molecule has 4 nitrogen and oxygen atoms in total.